The molecule has 3 N–H and O–H groups in total. The summed E-state index contributed by atoms with van der Waals surface area (Å²) >= 11 is 0. The summed E-state index contributed by atoms with van der Waals surface area (Å²) in [6, 6.07) is 0.256. The number of rotatable bonds is 6. The van der Waals surface area contributed by atoms with E-state index in [0.717, 1.165) is 32.3 Å². The van der Waals surface area contributed by atoms with Crippen LogP contribution in [0.5, 0.6) is 0 Å². The largest absolute Gasteiger partial charge is 0.380 e. The smallest absolute Gasteiger partial charge is 0.0740 e. The Bertz CT molecular complexity index is 267. The Morgan fingerprint density at radius 2 is 2.16 bits per heavy atom. The predicted molar refractivity (Wildman–Crippen MR) is 76.7 cm³/mol. The van der Waals surface area contributed by atoms with E-state index in [4.69, 9.17) is 15.3 Å². The van der Waals surface area contributed by atoms with Gasteiger partial charge in [0.25, 0.3) is 0 Å². The molecule has 4 nitrogen and oxygen atoms in total. The highest BCUT2D eigenvalue weighted by atomic mass is 16.5. The molecular weight excluding hydrogens is 240 g/mol. The van der Waals surface area contributed by atoms with E-state index in [-0.39, 0.29) is 17.7 Å². The molecule has 2 rings (SSSR count). The van der Waals surface area contributed by atoms with Gasteiger partial charge < -0.3 is 9.47 Å². The number of hydrogen-bond donors (Lipinski definition) is 2. The zero-order chi connectivity index (χ0) is 13.7. The van der Waals surface area contributed by atoms with Gasteiger partial charge in [-0.2, -0.15) is 0 Å². The normalized spacial score (nSPS) is 29.5. The molecular formula is C15H30N2O2. The fourth-order valence-corrected chi connectivity index (χ4v) is 4.02. The van der Waals surface area contributed by atoms with E-state index in [9.17, 15) is 0 Å². The molecule has 3 unspecified atom stereocenters. The second kappa shape index (κ2) is 7.02. The van der Waals surface area contributed by atoms with Crippen molar-refractivity contribution in [3.8, 4) is 0 Å². The summed E-state index contributed by atoms with van der Waals surface area (Å²) in [5.74, 6) is 6.40. The lowest BCUT2D eigenvalue weighted by Gasteiger charge is -2.43. The van der Waals surface area contributed by atoms with Crippen LogP contribution >= 0.6 is 0 Å². The summed E-state index contributed by atoms with van der Waals surface area (Å²) < 4.78 is 11.8. The Balaban J connectivity index is 2.00. The summed E-state index contributed by atoms with van der Waals surface area (Å²) in [5, 5.41) is 0. The monoisotopic (exact) mass is 270 g/mol. The van der Waals surface area contributed by atoms with Gasteiger partial charge in [-0.25, -0.2) is 0 Å². The number of hydrazine groups is 1. The van der Waals surface area contributed by atoms with Crippen LogP contribution in [0.25, 0.3) is 0 Å². The van der Waals surface area contributed by atoms with Crippen LogP contribution in [0.3, 0.4) is 0 Å². The van der Waals surface area contributed by atoms with Crippen LogP contribution in [0.1, 0.15) is 58.3 Å². The van der Waals surface area contributed by atoms with Crippen LogP contribution in [0.2, 0.25) is 0 Å². The van der Waals surface area contributed by atoms with Gasteiger partial charge in [0.05, 0.1) is 17.7 Å². The van der Waals surface area contributed by atoms with Gasteiger partial charge in [0.2, 0.25) is 0 Å². The van der Waals surface area contributed by atoms with Crippen molar-refractivity contribution < 1.29 is 9.47 Å². The Kier molecular flexibility index (Phi) is 5.63. The lowest BCUT2D eigenvalue weighted by Crippen LogP contribution is -2.53. The molecule has 1 saturated carbocycles. The standard InChI is InChI=1S/C15H30N2O2/c1-3-6-13(18-2)14(17-16)12-7-10-19-15(11-12)8-4-5-9-15/h12-14,17H,3-11,16H2,1-2H3. The summed E-state index contributed by atoms with van der Waals surface area (Å²) in [7, 11) is 1.80. The average molecular weight is 270 g/mol. The van der Waals surface area contributed by atoms with Gasteiger partial charge in [0.15, 0.2) is 0 Å². The molecule has 112 valence electrons. The van der Waals surface area contributed by atoms with Gasteiger partial charge in [-0.1, -0.05) is 26.2 Å². The van der Waals surface area contributed by atoms with Crippen LogP contribution in [-0.4, -0.2) is 31.5 Å². The summed E-state index contributed by atoms with van der Waals surface area (Å²) in [5.41, 5.74) is 3.19. The van der Waals surface area contributed by atoms with Crippen LogP contribution in [0.4, 0.5) is 0 Å². The minimum atomic E-state index is 0.155. The molecule has 0 aromatic heterocycles. The highest BCUT2D eigenvalue weighted by Crippen LogP contribution is 2.43. The first-order valence-corrected chi connectivity index (χ1v) is 7.87. The highest BCUT2D eigenvalue weighted by molar-refractivity contribution is 4.95. The molecule has 2 aliphatic rings. The van der Waals surface area contributed by atoms with Crippen LogP contribution in [0.15, 0.2) is 0 Å². The Morgan fingerprint density at radius 3 is 2.74 bits per heavy atom. The molecule has 2 fully saturated rings. The zero-order valence-corrected chi connectivity index (χ0v) is 12.5. The molecule has 4 heteroatoms. The first-order chi connectivity index (χ1) is 9.24. The van der Waals surface area contributed by atoms with Crippen molar-refractivity contribution >= 4 is 0 Å². The molecule has 0 aromatic rings. The Morgan fingerprint density at radius 1 is 1.42 bits per heavy atom. The number of nitrogens with two attached hydrogens (primary N) is 1. The van der Waals surface area contributed by atoms with Gasteiger partial charge in [0.1, 0.15) is 0 Å². The van der Waals surface area contributed by atoms with Crippen molar-refractivity contribution in [1.29, 1.82) is 0 Å². The van der Waals surface area contributed by atoms with Crippen LogP contribution < -0.4 is 11.3 Å². The van der Waals surface area contributed by atoms with E-state index in [1.165, 1.54) is 25.7 Å². The fourth-order valence-electron chi connectivity index (χ4n) is 4.02. The summed E-state index contributed by atoms with van der Waals surface area (Å²) in [4.78, 5) is 0. The number of methoxy groups -OCH3 is 1. The van der Waals surface area contributed by atoms with Crippen LogP contribution in [-0.2, 0) is 9.47 Å². The van der Waals surface area contributed by atoms with E-state index >= 15 is 0 Å². The van der Waals surface area contributed by atoms with Crippen molar-refractivity contribution in [2.45, 2.75) is 76.0 Å². The van der Waals surface area contributed by atoms with Gasteiger partial charge in [-0.3, -0.25) is 11.3 Å². The Labute approximate surface area is 117 Å². The fraction of sp³-hybridized carbons (Fsp3) is 1.00. The van der Waals surface area contributed by atoms with Crippen molar-refractivity contribution in [2.75, 3.05) is 13.7 Å². The van der Waals surface area contributed by atoms with Crippen molar-refractivity contribution in [1.82, 2.24) is 5.43 Å². The molecule has 1 aliphatic heterocycles. The van der Waals surface area contributed by atoms with Crippen LogP contribution in [0, 0.1) is 5.92 Å². The second-order valence-corrected chi connectivity index (χ2v) is 6.25. The number of hydrogen-bond acceptors (Lipinski definition) is 4. The van der Waals surface area contributed by atoms with Gasteiger partial charge in [-0.15, -0.1) is 0 Å². The SMILES string of the molecule is CCCC(OC)C(NN)C1CCOC2(CCCC2)C1. The maximum Gasteiger partial charge on any atom is 0.0740 e. The molecule has 0 amide bonds. The first kappa shape index (κ1) is 15.2. The van der Waals surface area contributed by atoms with Crippen molar-refractivity contribution in [3.63, 3.8) is 0 Å². The molecule has 1 spiro atoms. The van der Waals surface area contributed by atoms with Gasteiger partial charge in [0, 0.05) is 13.7 Å². The van der Waals surface area contributed by atoms with Crippen molar-refractivity contribution in [2.24, 2.45) is 11.8 Å². The number of nitrogens with one attached hydrogen (secondary N) is 1. The maximum atomic E-state index is 6.12. The Hall–Kier alpha value is -0.160. The molecule has 1 heterocycles. The van der Waals surface area contributed by atoms with Crippen molar-refractivity contribution in [3.05, 3.63) is 0 Å². The highest BCUT2D eigenvalue weighted by Gasteiger charge is 2.43. The summed E-state index contributed by atoms with van der Waals surface area (Å²) in [6.07, 6.45) is 9.74. The van der Waals surface area contributed by atoms with Gasteiger partial charge in [-0.05, 0) is 38.0 Å². The first-order valence-electron chi connectivity index (χ1n) is 7.87. The quantitative estimate of drug-likeness (QED) is 0.575. The molecule has 0 bridgehead atoms. The maximum absolute atomic E-state index is 6.12. The topological polar surface area (TPSA) is 56.5 Å². The summed E-state index contributed by atoms with van der Waals surface area (Å²) in [6.45, 7) is 3.08. The third-order valence-electron chi connectivity index (χ3n) is 5.02. The lowest BCUT2D eigenvalue weighted by molar-refractivity contribution is -0.107. The third kappa shape index (κ3) is 3.48. The van der Waals surface area contributed by atoms with E-state index in [0.29, 0.717) is 5.92 Å². The average Bonchev–Trinajstić information content (AvgIpc) is 2.86. The third-order valence-corrected chi connectivity index (χ3v) is 5.02. The van der Waals surface area contributed by atoms with E-state index in [1.54, 1.807) is 7.11 Å². The molecule has 0 aromatic carbocycles. The molecule has 3 atom stereocenters. The molecule has 1 saturated heterocycles. The predicted octanol–water partition coefficient (Wildman–Crippen LogP) is 2.37. The minimum absolute atomic E-state index is 0.155. The van der Waals surface area contributed by atoms with Gasteiger partial charge >= 0.3 is 0 Å². The molecule has 19 heavy (non-hydrogen) atoms. The number of ether oxygens (including phenoxy) is 2. The zero-order valence-electron chi connectivity index (χ0n) is 12.5. The van der Waals surface area contributed by atoms with E-state index in [1.807, 2.05) is 0 Å². The minimum Gasteiger partial charge on any atom is -0.380 e. The molecule has 0 radical (unpaired) electrons. The molecule has 1 aliphatic carbocycles. The van der Waals surface area contributed by atoms with E-state index in [2.05, 4.69) is 12.3 Å². The lowest BCUT2D eigenvalue weighted by atomic mass is 9.78. The van der Waals surface area contributed by atoms with E-state index < -0.39 is 0 Å². The second-order valence-electron chi connectivity index (χ2n) is 6.25.